The molecule has 2 heterocycles. The van der Waals surface area contributed by atoms with E-state index in [-0.39, 0.29) is 11.0 Å². The summed E-state index contributed by atoms with van der Waals surface area (Å²) >= 11 is 6.40. The van der Waals surface area contributed by atoms with E-state index in [1.165, 1.54) is 11.3 Å². The summed E-state index contributed by atoms with van der Waals surface area (Å²) in [6, 6.07) is 10.5. The molecule has 0 radical (unpaired) electrons. The van der Waals surface area contributed by atoms with Crippen LogP contribution in [-0.2, 0) is 11.2 Å². The molecular weight excluding hydrogens is 406 g/mol. The maximum atomic E-state index is 12.8. The van der Waals surface area contributed by atoms with Gasteiger partial charge in [-0.2, -0.15) is 0 Å². The number of hydrogen-bond acceptors (Lipinski definition) is 4. The predicted octanol–water partition coefficient (Wildman–Crippen LogP) is 2.25. The summed E-state index contributed by atoms with van der Waals surface area (Å²) in [5, 5.41) is 8.75. The minimum Gasteiger partial charge on any atom is -0.361 e. The molecule has 0 unspecified atom stereocenters. The SMILES string of the molecule is C=CCNC(=S)NNC(=O)[C@@H](Cc1c[nH]c2ccccc12)NC(=O)c1cccs1. The molecule has 29 heavy (non-hydrogen) atoms. The Kier molecular flexibility index (Phi) is 6.99. The van der Waals surface area contributed by atoms with Gasteiger partial charge in [0.1, 0.15) is 6.04 Å². The Hall–Kier alpha value is -3.17. The highest BCUT2D eigenvalue weighted by Gasteiger charge is 2.23. The second-order valence-corrected chi connectivity index (χ2v) is 7.54. The summed E-state index contributed by atoms with van der Waals surface area (Å²) < 4.78 is 0. The van der Waals surface area contributed by atoms with E-state index in [4.69, 9.17) is 12.2 Å². The zero-order chi connectivity index (χ0) is 20.6. The number of thiocarbonyl (C=S) groups is 1. The second-order valence-electron chi connectivity index (χ2n) is 6.18. The van der Waals surface area contributed by atoms with Crippen molar-refractivity contribution < 1.29 is 9.59 Å². The molecule has 2 aromatic heterocycles. The van der Waals surface area contributed by atoms with Crippen LogP contribution in [0, 0.1) is 0 Å². The highest BCUT2D eigenvalue weighted by atomic mass is 32.1. The predicted molar refractivity (Wildman–Crippen MR) is 120 cm³/mol. The lowest BCUT2D eigenvalue weighted by Gasteiger charge is -2.19. The number of carbonyl (C=O) groups is 2. The van der Waals surface area contributed by atoms with Gasteiger partial charge in [0.15, 0.2) is 5.11 Å². The van der Waals surface area contributed by atoms with Crippen molar-refractivity contribution in [3.05, 3.63) is 71.1 Å². The number of hydrazine groups is 1. The first-order chi connectivity index (χ1) is 14.1. The highest BCUT2D eigenvalue weighted by Crippen LogP contribution is 2.19. The fraction of sp³-hybridized carbons (Fsp3) is 0.150. The number of amides is 2. The number of thiophene rings is 1. The van der Waals surface area contributed by atoms with Gasteiger partial charge in [-0.1, -0.05) is 30.3 Å². The van der Waals surface area contributed by atoms with Crippen molar-refractivity contribution >= 4 is 51.4 Å². The van der Waals surface area contributed by atoms with Crippen LogP contribution in [0.3, 0.4) is 0 Å². The van der Waals surface area contributed by atoms with Crippen LogP contribution in [-0.4, -0.2) is 34.5 Å². The maximum absolute atomic E-state index is 12.8. The van der Waals surface area contributed by atoms with Gasteiger partial charge in [0, 0.05) is 30.1 Å². The molecule has 0 saturated carbocycles. The Bertz CT molecular complexity index is 1010. The van der Waals surface area contributed by atoms with Crippen molar-refractivity contribution in [1.29, 1.82) is 0 Å². The Morgan fingerprint density at radius 1 is 1.21 bits per heavy atom. The number of carbonyl (C=O) groups excluding carboxylic acids is 2. The molecule has 3 aromatic rings. The first kappa shape index (κ1) is 20.6. The lowest BCUT2D eigenvalue weighted by molar-refractivity contribution is -0.123. The summed E-state index contributed by atoms with van der Waals surface area (Å²) in [6.45, 7) is 4.06. The van der Waals surface area contributed by atoms with E-state index in [2.05, 4.69) is 33.0 Å². The third kappa shape index (κ3) is 5.43. The van der Waals surface area contributed by atoms with Crippen molar-refractivity contribution in [3.8, 4) is 0 Å². The topological polar surface area (TPSA) is 98.0 Å². The smallest absolute Gasteiger partial charge is 0.262 e. The molecule has 0 aliphatic rings. The number of para-hydroxylation sites is 1. The van der Waals surface area contributed by atoms with Gasteiger partial charge in [0.2, 0.25) is 0 Å². The number of fused-ring (bicyclic) bond motifs is 1. The molecule has 0 aliphatic carbocycles. The largest absolute Gasteiger partial charge is 0.361 e. The van der Waals surface area contributed by atoms with Crippen LogP contribution in [0.2, 0.25) is 0 Å². The van der Waals surface area contributed by atoms with Crippen LogP contribution in [0.5, 0.6) is 0 Å². The fourth-order valence-electron chi connectivity index (χ4n) is 2.78. The number of rotatable bonds is 7. The summed E-state index contributed by atoms with van der Waals surface area (Å²) in [5.74, 6) is -0.699. The molecule has 1 aromatic carbocycles. The Morgan fingerprint density at radius 2 is 2.03 bits per heavy atom. The zero-order valence-corrected chi connectivity index (χ0v) is 17.2. The molecule has 0 aliphatic heterocycles. The molecular formula is C20H21N5O2S2. The minimum absolute atomic E-state index is 0.258. The Morgan fingerprint density at radius 3 is 2.79 bits per heavy atom. The van der Waals surface area contributed by atoms with Gasteiger partial charge < -0.3 is 15.6 Å². The zero-order valence-electron chi connectivity index (χ0n) is 15.5. The summed E-state index contributed by atoms with van der Waals surface area (Å²) in [6.07, 6.45) is 3.82. The van der Waals surface area contributed by atoms with Crippen molar-refractivity contribution in [2.45, 2.75) is 12.5 Å². The highest BCUT2D eigenvalue weighted by molar-refractivity contribution is 7.80. The van der Waals surface area contributed by atoms with Crippen LogP contribution in [0.4, 0.5) is 0 Å². The number of hydrogen-bond donors (Lipinski definition) is 5. The lowest BCUT2D eigenvalue weighted by atomic mass is 10.0. The molecule has 2 amide bonds. The molecule has 7 nitrogen and oxygen atoms in total. The van der Waals surface area contributed by atoms with Crippen LogP contribution >= 0.6 is 23.6 Å². The Balaban J connectivity index is 1.73. The molecule has 0 saturated heterocycles. The van der Waals surface area contributed by atoms with E-state index in [0.29, 0.717) is 17.8 Å². The number of nitrogens with one attached hydrogen (secondary N) is 5. The average molecular weight is 428 g/mol. The molecule has 0 fully saturated rings. The van der Waals surface area contributed by atoms with Gasteiger partial charge in [-0.15, -0.1) is 17.9 Å². The molecule has 0 bridgehead atoms. The van der Waals surface area contributed by atoms with E-state index in [1.54, 1.807) is 18.2 Å². The van der Waals surface area contributed by atoms with E-state index in [1.807, 2.05) is 35.8 Å². The second kappa shape index (κ2) is 9.85. The van der Waals surface area contributed by atoms with Crippen molar-refractivity contribution in [2.75, 3.05) is 6.54 Å². The normalized spacial score (nSPS) is 11.4. The van der Waals surface area contributed by atoms with Gasteiger partial charge in [0.25, 0.3) is 11.8 Å². The molecule has 5 N–H and O–H groups in total. The monoisotopic (exact) mass is 427 g/mol. The minimum atomic E-state index is -0.793. The van der Waals surface area contributed by atoms with E-state index < -0.39 is 11.9 Å². The van der Waals surface area contributed by atoms with E-state index >= 15 is 0 Å². The molecule has 0 spiro atoms. The van der Waals surface area contributed by atoms with Gasteiger partial charge in [-0.25, -0.2) is 0 Å². The van der Waals surface area contributed by atoms with Crippen LogP contribution in [0.1, 0.15) is 15.2 Å². The van der Waals surface area contributed by atoms with Crippen molar-refractivity contribution in [3.63, 3.8) is 0 Å². The number of aromatic amines is 1. The number of H-pyrrole nitrogens is 1. The van der Waals surface area contributed by atoms with Crippen LogP contribution in [0.25, 0.3) is 10.9 Å². The Labute approximate surface area is 177 Å². The van der Waals surface area contributed by atoms with E-state index in [9.17, 15) is 9.59 Å². The summed E-state index contributed by atoms with van der Waals surface area (Å²) in [4.78, 5) is 29.0. The van der Waals surface area contributed by atoms with Crippen molar-refractivity contribution in [2.24, 2.45) is 0 Å². The van der Waals surface area contributed by atoms with Gasteiger partial charge in [-0.3, -0.25) is 20.4 Å². The van der Waals surface area contributed by atoms with Gasteiger partial charge in [-0.05, 0) is 35.3 Å². The molecule has 3 rings (SSSR count). The van der Waals surface area contributed by atoms with Crippen LogP contribution in [0.15, 0.2) is 60.6 Å². The average Bonchev–Trinajstić information content (AvgIpc) is 3.40. The fourth-order valence-corrected chi connectivity index (χ4v) is 3.54. The first-order valence-corrected chi connectivity index (χ1v) is 10.2. The maximum Gasteiger partial charge on any atom is 0.262 e. The summed E-state index contributed by atoms with van der Waals surface area (Å²) in [7, 11) is 0. The number of aromatic nitrogens is 1. The van der Waals surface area contributed by atoms with Crippen LogP contribution < -0.4 is 21.5 Å². The third-order valence-corrected chi connectivity index (χ3v) is 5.29. The first-order valence-electron chi connectivity index (χ1n) is 8.92. The standard InChI is InChI=1S/C20H21N5O2S2/c1-2-9-21-20(28)25-24-18(26)16(23-19(27)17-8-5-10-29-17)11-13-12-22-15-7-4-3-6-14(13)15/h2-8,10,12,16,22H,1,9,11H2,(H,23,27)(H,24,26)(H2,21,25,28)/t16-/m1/s1. The van der Waals surface area contributed by atoms with Gasteiger partial charge in [0.05, 0.1) is 4.88 Å². The lowest BCUT2D eigenvalue weighted by Crippen LogP contribution is -2.54. The van der Waals surface area contributed by atoms with E-state index in [0.717, 1.165) is 16.5 Å². The van der Waals surface area contributed by atoms with Crippen molar-refractivity contribution in [1.82, 2.24) is 26.5 Å². The molecule has 1 atom stereocenters. The molecule has 9 heteroatoms. The summed E-state index contributed by atoms with van der Waals surface area (Å²) in [5.41, 5.74) is 7.09. The third-order valence-electron chi connectivity index (χ3n) is 4.17. The van der Waals surface area contributed by atoms with Gasteiger partial charge >= 0.3 is 0 Å². The number of benzene rings is 1. The molecule has 150 valence electrons. The quantitative estimate of drug-likeness (QED) is 0.226.